The molecule has 1 heteroatoms. The fourth-order valence-electron chi connectivity index (χ4n) is 3.37. The fourth-order valence-corrected chi connectivity index (χ4v) is 3.37. The quantitative estimate of drug-likeness (QED) is 0.756. The largest absolute Gasteiger partial charge is 0.389 e. The van der Waals surface area contributed by atoms with Crippen molar-refractivity contribution < 1.29 is 5.11 Å². The second-order valence-corrected chi connectivity index (χ2v) is 5.83. The zero-order valence-corrected chi connectivity index (χ0v) is 10.6. The van der Waals surface area contributed by atoms with Gasteiger partial charge in [-0.15, -0.1) is 0 Å². The smallest absolute Gasteiger partial charge is 0.0749 e. The van der Waals surface area contributed by atoms with Gasteiger partial charge in [0.25, 0.3) is 0 Å². The second kappa shape index (κ2) is 4.68. The summed E-state index contributed by atoms with van der Waals surface area (Å²) < 4.78 is 0. The molecule has 2 rings (SSSR count). The highest BCUT2D eigenvalue weighted by Crippen LogP contribution is 2.49. The van der Waals surface area contributed by atoms with Gasteiger partial charge in [-0.2, -0.15) is 0 Å². The summed E-state index contributed by atoms with van der Waals surface area (Å²) in [7, 11) is 0. The zero-order valence-electron chi connectivity index (χ0n) is 10.6. The average molecular weight is 219 g/mol. The summed E-state index contributed by atoms with van der Waals surface area (Å²) in [5.74, 6) is 2.71. The van der Waals surface area contributed by atoms with E-state index in [1.807, 2.05) is 12.8 Å². The van der Waals surface area contributed by atoms with E-state index >= 15 is 0 Å². The predicted octanol–water partition coefficient (Wildman–Crippen LogP) is 3.21. The molecule has 0 aliphatic heterocycles. The Morgan fingerprint density at radius 1 is 1.25 bits per heavy atom. The van der Waals surface area contributed by atoms with Gasteiger partial charge in [0.15, 0.2) is 0 Å². The minimum Gasteiger partial charge on any atom is -0.389 e. The third-order valence-electron chi connectivity index (χ3n) is 4.21. The topological polar surface area (TPSA) is 20.2 Å². The summed E-state index contributed by atoms with van der Waals surface area (Å²) in [5.41, 5.74) is -0.588. The first kappa shape index (κ1) is 12.4. The van der Waals surface area contributed by atoms with Crippen molar-refractivity contribution in [2.75, 3.05) is 0 Å². The summed E-state index contributed by atoms with van der Waals surface area (Å²) in [4.78, 5) is 0. The van der Waals surface area contributed by atoms with Crippen LogP contribution in [0.2, 0.25) is 0 Å². The molecule has 0 heterocycles. The van der Waals surface area contributed by atoms with Gasteiger partial charge in [-0.3, -0.25) is 0 Å². The molecule has 1 N–H and O–H groups in total. The molecule has 16 heavy (non-hydrogen) atoms. The van der Waals surface area contributed by atoms with Crippen LogP contribution in [0.15, 0.2) is 0 Å². The van der Waals surface area contributed by atoms with Gasteiger partial charge in [0.05, 0.1) is 5.60 Å². The lowest BCUT2D eigenvalue weighted by molar-refractivity contribution is -0.0617. The molecule has 89 valence electrons. The molecule has 0 aromatic heterocycles. The first-order valence-corrected chi connectivity index (χ1v) is 6.48. The highest BCUT2D eigenvalue weighted by atomic mass is 16.3. The standard InChI is InChI=1S/C15H23O/c1-11(2)14-9-8-12(3)10-15(14,16)13-6-4-5-7-13/h4-7,11-12,14,16H,8-10H2,1-3H3/t12-,14+,15-/m1/s1. The minimum absolute atomic E-state index is 0.408. The van der Waals surface area contributed by atoms with Crippen LogP contribution in [0.5, 0.6) is 0 Å². The first-order chi connectivity index (χ1) is 7.54. The summed E-state index contributed by atoms with van der Waals surface area (Å²) in [6.07, 6.45) is 11.5. The van der Waals surface area contributed by atoms with E-state index in [0.29, 0.717) is 17.8 Å². The summed E-state index contributed by atoms with van der Waals surface area (Å²) in [5, 5.41) is 11.0. The maximum Gasteiger partial charge on any atom is 0.0749 e. The molecule has 0 unspecified atom stereocenters. The van der Waals surface area contributed by atoms with E-state index in [1.54, 1.807) is 0 Å². The van der Waals surface area contributed by atoms with E-state index in [4.69, 9.17) is 0 Å². The van der Waals surface area contributed by atoms with Crippen molar-refractivity contribution >= 4 is 0 Å². The van der Waals surface area contributed by atoms with Crippen molar-refractivity contribution in [3.63, 3.8) is 0 Å². The molecule has 1 nitrogen and oxygen atoms in total. The Morgan fingerprint density at radius 2 is 1.88 bits per heavy atom. The van der Waals surface area contributed by atoms with Crippen LogP contribution in [0.4, 0.5) is 0 Å². The van der Waals surface area contributed by atoms with E-state index in [2.05, 4.69) is 33.6 Å². The van der Waals surface area contributed by atoms with E-state index in [0.717, 1.165) is 18.8 Å². The average Bonchev–Trinajstić information content (AvgIpc) is 2.69. The SMILES string of the molecule is CC(C)[C@@H]1CC[C@@H](C)C[C@@]1(O)[C]1[CH][CH][CH][CH]1. The Bertz CT molecular complexity index is 230. The van der Waals surface area contributed by atoms with Crippen LogP contribution in [0.25, 0.3) is 0 Å². The van der Waals surface area contributed by atoms with Gasteiger partial charge in [-0.05, 0) is 56.3 Å². The molecule has 0 spiro atoms. The Labute approximate surface area is 101 Å². The van der Waals surface area contributed by atoms with E-state index < -0.39 is 5.60 Å². The fraction of sp³-hybridized carbons (Fsp3) is 0.667. The van der Waals surface area contributed by atoms with Crippen molar-refractivity contribution in [3.8, 4) is 0 Å². The van der Waals surface area contributed by atoms with Gasteiger partial charge in [-0.25, -0.2) is 0 Å². The van der Waals surface area contributed by atoms with Crippen molar-refractivity contribution in [2.24, 2.45) is 17.8 Å². The van der Waals surface area contributed by atoms with Crippen molar-refractivity contribution in [2.45, 2.75) is 45.6 Å². The number of rotatable bonds is 2. The van der Waals surface area contributed by atoms with Crippen molar-refractivity contribution in [1.82, 2.24) is 0 Å². The Kier molecular flexibility index (Phi) is 3.63. The lowest BCUT2D eigenvalue weighted by Crippen LogP contribution is -2.49. The van der Waals surface area contributed by atoms with Crippen LogP contribution in [0, 0.1) is 49.4 Å². The van der Waals surface area contributed by atoms with E-state index in [-0.39, 0.29) is 0 Å². The molecular formula is C15H23O. The molecule has 0 bridgehead atoms. The highest BCUT2D eigenvalue weighted by Gasteiger charge is 2.49. The number of hydrogen-bond donors (Lipinski definition) is 1. The molecule has 0 aromatic rings. The van der Waals surface area contributed by atoms with Crippen LogP contribution in [-0.4, -0.2) is 10.7 Å². The third kappa shape index (κ3) is 2.16. The molecule has 3 atom stereocenters. The highest BCUT2D eigenvalue weighted by molar-refractivity contribution is 5.42. The lowest BCUT2D eigenvalue weighted by Gasteiger charge is -2.48. The summed E-state index contributed by atoms with van der Waals surface area (Å²) in [6.45, 7) is 6.72. The minimum atomic E-state index is -0.588. The number of hydrogen-bond acceptors (Lipinski definition) is 1. The van der Waals surface area contributed by atoms with Crippen molar-refractivity contribution in [1.29, 1.82) is 0 Å². The third-order valence-corrected chi connectivity index (χ3v) is 4.21. The summed E-state index contributed by atoms with van der Waals surface area (Å²) in [6, 6.07) is 0. The van der Waals surface area contributed by atoms with Crippen LogP contribution in [0.1, 0.15) is 40.0 Å². The monoisotopic (exact) mass is 219 g/mol. The van der Waals surface area contributed by atoms with Crippen LogP contribution < -0.4 is 0 Å². The molecule has 2 fully saturated rings. The predicted molar refractivity (Wildman–Crippen MR) is 66.7 cm³/mol. The molecule has 2 saturated carbocycles. The van der Waals surface area contributed by atoms with Gasteiger partial charge < -0.3 is 5.11 Å². The Balaban J connectivity index is 2.16. The van der Waals surface area contributed by atoms with Crippen molar-refractivity contribution in [3.05, 3.63) is 31.6 Å². The van der Waals surface area contributed by atoms with E-state index in [1.165, 1.54) is 6.42 Å². The van der Waals surface area contributed by atoms with Gasteiger partial charge >= 0.3 is 0 Å². The first-order valence-electron chi connectivity index (χ1n) is 6.48. The van der Waals surface area contributed by atoms with Gasteiger partial charge in [0.2, 0.25) is 0 Å². The molecule has 2 aliphatic rings. The van der Waals surface area contributed by atoms with Crippen LogP contribution >= 0.6 is 0 Å². The maximum atomic E-state index is 11.0. The Hall–Kier alpha value is -0.0400. The second-order valence-electron chi connectivity index (χ2n) is 5.83. The van der Waals surface area contributed by atoms with Gasteiger partial charge in [0, 0.05) is 5.92 Å². The Morgan fingerprint density at radius 3 is 2.44 bits per heavy atom. The van der Waals surface area contributed by atoms with Crippen LogP contribution in [0.3, 0.4) is 0 Å². The number of aliphatic hydroxyl groups is 1. The molecule has 0 saturated heterocycles. The lowest BCUT2D eigenvalue weighted by atomic mass is 9.61. The van der Waals surface area contributed by atoms with Crippen LogP contribution in [-0.2, 0) is 0 Å². The molecule has 5 radical (unpaired) electrons. The van der Waals surface area contributed by atoms with Gasteiger partial charge in [-0.1, -0.05) is 27.2 Å². The maximum absolute atomic E-state index is 11.0. The van der Waals surface area contributed by atoms with E-state index in [9.17, 15) is 5.11 Å². The molecule has 2 aliphatic carbocycles. The van der Waals surface area contributed by atoms with Gasteiger partial charge in [0.1, 0.15) is 0 Å². The zero-order chi connectivity index (χ0) is 11.8. The molecule has 0 aromatic carbocycles. The normalized spacial score (nSPS) is 41.8. The molecular weight excluding hydrogens is 196 g/mol. The summed E-state index contributed by atoms with van der Waals surface area (Å²) >= 11 is 0. The molecule has 0 amide bonds.